The number of hydrogen-bond donors (Lipinski definition) is 1. The largest absolute Gasteiger partial charge is 0.491 e. The molecule has 0 aromatic heterocycles. The van der Waals surface area contributed by atoms with Crippen LogP contribution in [0, 0.1) is 11.7 Å². The highest BCUT2D eigenvalue weighted by Crippen LogP contribution is 2.32. The van der Waals surface area contributed by atoms with E-state index < -0.39 is 18.2 Å². The Morgan fingerprint density at radius 2 is 2.10 bits per heavy atom. The number of likely N-dealkylation sites (tertiary alicyclic amines) is 1. The zero-order chi connectivity index (χ0) is 22.3. The van der Waals surface area contributed by atoms with E-state index in [1.54, 1.807) is 4.90 Å². The molecule has 31 heavy (non-hydrogen) atoms. The molecule has 1 saturated heterocycles. The Hall–Kier alpha value is -2.56. The summed E-state index contributed by atoms with van der Waals surface area (Å²) in [7, 11) is 1.97. The van der Waals surface area contributed by atoms with Crippen LogP contribution >= 0.6 is 0 Å². The zero-order valence-electron chi connectivity index (χ0n) is 17.2. The summed E-state index contributed by atoms with van der Waals surface area (Å²) in [6.07, 6.45) is -5.23. The van der Waals surface area contributed by atoms with Gasteiger partial charge in [-0.3, -0.25) is 4.79 Å². The van der Waals surface area contributed by atoms with Gasteiger partial charge < -0.3 is 24.7 Å². The molecule has 1 N–H and O–H groups in total. The van der Waals surface area contributed by atoms with Crippen molar-refractivity contribution in [1.82, 2.24) is 15.1 Å². The Balaban J connectivity index is 1.56. The Bertz CT molecular complexity index is 892. The van der Waals surface area contributed by atoms with E-state index in [1.807, 2.05) is 14.0 Å². The van der Waals surface area contributed by atoms with E-state index >= 15 is 0 Å². The van der Waals surface area contributed by atoms with Crippen LogP contribution < -0.4 is 10.1 Å². The SMILES string of the molecule is CC1COc2cc(C3=NOC(C(F)(F)F)N3)cc(F)c2CN1C(=O)C1CCCN(C)C1. The molecule has 1 aromatic rings. The number of halogens is 4. The first-order valence-electron chi connectivity index (χ1n) is 10.1. The lowest BCUT2D eigenvalue weighted by Crippen LogP contribution is -2.47. The molecule has 1 amide bonds. The van der Waals surface area contributed by atoms with Gasteiger partial charge in [0.1, 0.15) is 18.2 Å². The minimum Gasteiger partial charge on any atom is -0.491 e. The third-order valence-electron chi connectivity index (χ3n) is 5.84. The number of nitrogens with one attached hydrogen (secondary N) is 1. The fraction of sp³-hybridized carbons (Fsp3) is 0.600. The van der Waals surface area contributed by atoms with Gasteiger partial charge in [0.15, 0.2) is 5.84 Å². The monoisotopic (exact) mass is 444 g/mol. The second kappa shape index (κ2) is 8.18. The fourth-order valence-corrected chi connectivity index (χ4v) is 4.11. The lowest BCUT2D eigenvalue weighted by atomic mass is 9.96. The summed E-state index contributed by atoms with van der Waals surface area (Å²) in [5.74, 6) is -0.929. The maximum absolute atomic E-state index is 15.0. The number of benzene rings is 1. The summed E-state index contributed by atoms with van der Waals surface area (Å²) in [4.78, 5) is 21.3. The number of rotatable bonds is 2. The van der Waals surface area contributed by atoms with Crippen LogP contribution in [0.2, 0.25) is 0 Å². The van der Waals surface area contributed by atoms with E-state index in [0.717, 1.165) is 25.5 Å². The Morgan fingerprint density at radius 3 is 2.77 bits per heavy atom. The second-order valence-corrected chi connectivity index (χ2v) is 8.27. The summed E-state index contributed by atoms with van der Waals surface area (Å²) in [6.45, 7) is 3.61. The highest BCUT2D eigenvalue weighted by molar-refractivity contribution is 5.99. The van der Waals surface area contributed by atoms with E-state index in [2.05, 4.69) is 20.2 Å². The summed E-state index contributed by atoms with van der Waals surface area (Å²) in [5.41, 5.74) is 0.266. The first-order chi connectivity index (χ1) is 14.6. The van der Waals surface area contributed by atoms with Crippen molar-refractivity contribution in [2.45, 2.75) is 44.8 Å². The van der Waals surface area contributed by atoms with Crippen molar-refractivity contribution < 1.29 is 31.9 Å². The molecule has 3 aliphatic heterocycles. The molecular weight excluding hydrogens is 420 g/mol. The number of alkyl halides is 3. The summed E-state index contributed by atoms with van der Waals surface area (Å²) >= 11 is 0. The molecule has 0 bridgehead atoms. The zero-order valence-corrected chi connectivity index (χ0v) is 17.2. The van der Waals surface area contributed by atoms with Gasteiger partial charge in [-0.25, -0.2) is 4.39 Å². The van der Waals surface area contributed by atoms with Crippen LogP contribution in [0.5, 0.6) is 5.75 Å². The highest BCUT2D eigenvalue weighted by atomic mass is 19.4. The Morgan fingerprint density at radius 1 is 1.32 bits per heavy atom. The lowest BCUT2D eigenvalue weighted by Gasteiger charge is -2.34. The van der Waals surface area contributed by atoms with Crippen molar-refractivity contribution in [2.75, 3.05) is 26.7 Å². The van der Waals surface area contributed by atoms with E-state index in [0.29, 0.717) is 6.54 Å². The molecule has 0 radical (unpaired) electrons. The van der Waals surface area contributed by atoms with E-state index in [-0.39, 0.29) is 53.7 Å². The number of carbonyl (C=O) groups is 1. The molecule has 3 heterocycles. The third-order valence-corrected chi connectivity index (χ3v) is 5.84. The van der Waals surface area contributed by atoms with Crippen molar-refractivity contribution in [3.8, 4) is 5.75 Å². The van der Waals surface area contributed by atoms with Crippen molar-refractivity contribution in [3.63, 3.8) is 0 Å². The van der Waals surface area contributed by atoms with Crippen molar-refractivity contribution >= 4 is 11.7 Å². The van der Waals surface area contributed by atoms with Gasteiger partial charge in [-0.15, -0.1) is 0 Å². The van der Waals surface area contributed by atoms with Crippen LogP contribution in [-0.2, 0) is 16.2 Å². The Labute approximate surface area is 176 Å². The summed E-state index contributed by atoms with van der Waals surface area (Å²) in [6, 6.07) is 2.21. The fourth-order valence-electron chi connectivity index (χ4n) is 4.11. The first kappa shape index (κ1) is 21.7. The first-order valence-corrected chi connectivity index (χ1v) is 10.1. The molecular formula is C20H24F4N4O3. The molecule has 3 atom stereocenters. The molecule has 170 valence electrons. The molecule has 7 nitrogen and oxygen atoms in total. The van der Waals surface area contributed by atoms with E-state index in [4.69, 9.17) is 4.74 Å². The smallest absolute Gasteiger partial charge is 0.448 e. The van der Waals surface area contributed by atoms with Crippen molar-refractivity contribution in [2.24, 2.45) is 11.1 Å². The normalized spacial score (nSPS) is 26.8. The number of oxime groups is 1. The van der Waals surface area contributed by atoms with Crippen LogP contribution in [0.1, 0.15) is 30.9 Å². The van der Waals surface area contributed by atoms with Gasteiger partial charge in [0.25, 0.3) is 6.23 Å². The number of hydrogen-bond acceptors (Lipinski definition) is 6. The molecule has 1 fully saturated rings. The predicted octanol–water partition coefficient (Wildman–Crippen LogP) is 2.45. The molecule has 0 aliphatic carbocycles. The minimum atomic E-state index is -4.66. The van der Waals surface area contributed by atoms with Gasteiger partial charge in [0.05, 0.1) is 18.5 Å². The molecule has 3 aliphatic rings. The number of ether oxygens (including phenoxy) is 1. The standard InChI is InChI=1S/C20H24F4N4O3/c1-11-10-30-16-7-13(17-25-19(31-26-17)20(22,23)24)6-15(21)14(16)9-28(11)18(29)12-4-3-5-27(2)8-12/h6-7,11-12,19H,3-5,8-10H2,1-2H3,(H,25,26). The Kier molecular flexibility index (Phi) is 5.71. The number of amidine groups is 1. The van der Waals surface area contributed by atoms with Crippen molar-refractivity contribution in [3.05, 3.63) is 29.1 Å². The average Bonchev–Trinajstić information content (AvgIpc) is 3.15. The quantitative estimate of drug-likeness (QED) is 0.710. The van der Waals surface area contributed by atoms with Gasteiger partial charge >= 0.3 is 6.18 Å². The second-order valence-electron chi connectivity index (χ2n) is 8.27. The lowest BCUT2D eigenvalue weighted by molar-refractivity contribution is -0.218. The molecule has 0 saturated carbocycles. The van der Waals surface area contributed by atoms with Crippen LogP contribution in [0.4, 0.5) is 17.6 Å². The van der Waals surface area contributed by atoms with E-state index in [9.17, 15) is 22.4 Å². The number of piperidine rings is 1. The molecule has 1 aromatic carbocycles. The van der Waals surface area contributed by atoms with Gasteiger partial charge in [-0.2, -0.15) is 13.2 Å². The number of nitrogens with zero attached hydrogens (tertiary/aromatic N) is 3. The third kappa shape index (κ3) is 4.41. The number of amides is 1. The topological polar surface area (TPSA) is 66.4 Å². The molecule has 0 spiro atoms. The summed E-state index contributed by atoms with van der Waals surface area (Å²) in [5, 5.41) is 5.48. The molecule has 3 unspecified atom stereocenters. The molecule has 11 heteroatoms. The minimum absolute atomic E-state index is 0.0310. The van der Waals surface area contributed by atoms with Crippen molar-refractivity contribution in [1.29, 1.82) is 0 Å². The maximum atomic E-state index is 15.0. The predicted molar refractivity (Wildman–Crippen MR) is 103 cm³/mol. The van der Waals surface area contributed by atoms with Crippen LogP contribution in [0.3, 0.4) is 0 Å². The van der Waals surface area contributed by atoms with Gasteiger partial charge in [-0.1, -0.05) is 5.16 Å². The van der Waals surface area contributed by atoms with E-state index in [1.165, 1.54) is 6.07 Å². The van der Waals surface area contributed by atoms with Crippen LogP contribution in [0.15, 0.2) is 17.3 Å². The molecule has 4 rings (SSSR count). The highest BCUT2D eigenvalue weighted by Gasteiger charge is 2.46. The maximum Gasteiger partial charge on any atom is 0.448 e. The number of carbonyl (C=O) groups excluding carboxylic acids is 1. The van der Waals surface area contributed by atoms with Gasteiger partial charge in [0.2, 0.25) is 5.91 Å². The van der Waals surface area contributed by atoms with Crippen LogP contribution in [-0.4, -0.2) is 66.7 Å². The summed E-state index contributed by atoms with van der Waals surface area (Å²) < 4.78 is 59.1. The average molecular weight is 444 g/mol. The van der Waals surface area contributed by atoms with Crippen LogP contribution in [0.25, 0.3) is 0 Å². The number of fused-ring (bicyclic) bond motifs is 1. The van der Waals surface area contributed by atoms with Gasteiger partial charge in [0, 0.05) is 17.7 Å². The van der Waals surface area contributed by atoms with Gasteiger partial charge in [-0.05, 0) is 45.5 Å².